The molecule has 1 amide bonds. The molecule has 1 aliphatic heterocycles. The van der Waals surface area contributed by atoms with Crippen LogP contribution < -0.4 is 15.4 Å². The number of ether oxygens (including phenoxy) is 1. The molecule has 1 unspecified atom stereocenters. The summed E-state index contributed by atoms with van der Waals surface area (Å²) in [6.07, 6.45) is 1.17. The quantitative estimate of drug-likeness (QED) is 0.752. The first kappa shape index (κ1) is 18.7. The lowest BCUT2D eigenvalue weighted by Crippen LogP contribution is -2.38. The topological polar surface area (TPSA) is 87.7 Å². The average Bonchev–Trinajstić information content (AvgIpc) is 3.12. The predicted molar refractivity (Wildman–Crippen MR) is 91.4 cm³/mol. The molecule has 0 spiro atoms. The first-order valence-corrected chi connectivity index (χ1v) is 9.46. The summed E-state index contributed by atoms with van der Waals surface area (Å²) in [7, 11) is -0.463. The fourth-order valence-electron chi connectivity index (χ4n) is 2.68. The molecule has 1 aliphatic rings. The number of sulfonamides is 1. The van der Waals surface area contributed by atoms with E-state index >= 15 is 0 Å². The molecule has 1 aromatic rings. The van der Waals surface area contributed by atoms with E-state index in [2.05, 4.69) is 10.6 Å². The van der Waals surface area contributed by atoms with Crippen LogP contribution in [0.1, 0.15) is 25.3 Å². The van der Waals surface area contributed by atoms with Gasteiger partial charge >= 0.3 is 0 Å². The van der Waals surface area contributed by atoms with Crippen LogP contribution in [0.15, 0.2) is 23.1 Å². The summed E-state index contributed by atoms with van der Waals surface area (Å²) < 4.78 is 32.4. The summed E-state index contributed by atoms with van der Waals surface area (Å²) >= 11 is 0. The SMILES string of the molecule is CCC(=O)NCc1cc(S(=O)(=O)N(C)C2CCNC2)ccc1OC. The number of amides is 1. The van der Waals surface area contributed by atoms with Gasteiger partial charge in [-0.2, -0.15) is 4.31 Å². The summed E-state index contributed by atoms with van der Waals surface area (Å²) in [6.45, 7) is 3.47. The summed E-state index contributed by atoms with van der Waals surface area (Å²) in [5, 5.41) is 5.92. The van der Waals surface area contributed by atoms with Crippen LogP contribution in [0.2, 0.25) is 0 Å². The second-order valence-corrected chi connectivity index (χ2v) is 7.77. The van der Waals surface area contributed by atoms with E-state index in [-0.39, 0.29) is 23.4 Å². The van der Waals surface area contributed by atoms with Crippen LogP contribution in [0.3, 0.4) is 0 Å². The van der Waals surface area contributed by atoms with Gasteiger partial charge in [0.15, 0.2) is 0 Å². The van der Waals surface area contributed by atoms with Gasteiger partial charge in [-0.3, -0.25) is 4.79 Å². The summed E-state index contributed by atoms with van der Waals surface area (Å²) in [5.41, 5.74) is 0.637. The normalized spacial score (nSPS) is 17.9. The Hall–Kier alpha value is -1.64. The third kappa shape index (κ3) is 4.06. The van der Waals surface area contributed by atoms with Crippen molar-refractivity contribution >= 4 is 15.9 Å². The molecule has 8 heteroatoms. The Kier molecular flexibility index (Phi) is 6.20. The molecule has 134 valence electrons. The molecular formula is C16H25N3O4S. The molecule has 2 rings (SSSR count). The zero-order chi connectivity index (χ0) is 17.7. The minimum atomic E-state index is -3.59. The highest BCUT2D eigenvalue weighted by atomic mass is 32.2. The van der Waals surface area contributed by atoms with Crippen molar-refractivity contribution in [2.75, 3.05) is 27.2 Å². The lowest BCUT2D eigenvalue weighted by molar-refractivity contribution is -0.120. The fourth-order valence-corrected chi connectivity index (χ4v) is 4.12. The van der Waals surface area contributed by atoms with E-state index in [1.165, 1.54) is 17.5 Å². The molecule has 2 N–H and O–H groups in total. The summed E-state index contributed by atoms with van der Waals surface area (Å²) in [4.78, 5) is 11.7. The third-order valence-corrected chi connectivity index (χ3v) is 6.18. The highest BCUT2D eigenvalue weighted by Crippen LogP contribution is 2.25. The van der Waals surface area contributed by atoms with Crippen LogP contribution in [-0.2, 0) is 21.4 Å². The Balaban J connectivity index is 2.27. The highest BCUT2D eigenvalue weighted by molar-refractivity contribution is 7.89. The van der Waals surface area contributed by atoms with E-state index in [1.54, 1.807) is 26.1 Å². The van der Waals surface area contributed by atoms with Crippen LogP contribution in [0.25, 0.3) is 0 Å². The lowest BCUT2D eigenvalue weighted by atomic mass is 10.2. The van der Waals surface area contributed by atoms with E-state index in [0.29, 0.717) is 24.3 Å². The van der Waals surface area contributed by atoms with Crippen LogP contribution in [0.5, 0.6) is 5.75 Å². The van der Waals surface area contributed by atoms with E-state index in [4.69, 9.17) is 4.74 Å². The standard InChI is InChI=1S/C16H25N3O4S/c1-4-16(20)18-10-12-9-14(5-6-15(12)23-3)24(21,22)19(2)13-7-8-17-11-13/h5-6,9,13,17H,4,7-8,10-11H2,1-3H3,(H,18,20). The van der Waals surface area contributed by atoms with Gasteiger partial charge in [-0.05, 0) is 31.2 Å². The van der Waals surface area contributed by atoms with E-state index in [1.807, 2.05) is 0 Å². The van der Waals surface area contributed by atoms with Crippen molar-refractivity contribution in [3.63, 3.8) is 0 Å². The maximum Gasteiger partial charge on any atom is 0.243 e. The molecule has 0 bridgehead atoms. The number of nitrogens with zero attached hydrogens (tertiary/aromatic N) is 1. The van der Waals surface area contributed by atoms with Crippen molar-refractivity contribution in [2.45, 2.75) is 37.2 Å². The lowest BCUT2D eigenvalue weighted by Gasteiger charge is -2.23. The first-order valence-electron chi connectivity index (χ1n) is 8.02. The smallest absolute Gasteiger partial charge is 0.243 e. The molecule has 0 aromatic heterocycles. The van der Waals surface area contributed by atoms with Gasteiger partial charge in [-0.1, -0.05) is 6.92 Å². The Morgan fingerprint density at radius 3 is 2.79 bits per heavy atom. The fraction of sp³-hybridized carbons (Fsp3) is 0.562. The first-order chi connectivity index (χ1) is 11.4. The molecule has 0 aliphatic carbocycles. The van der Waals surface area contributed by atoms with Crippen LogP contribution in [-0.4, -0.2) is 51.9 Å². The van der Waals surface area contributed by atoms with Crippen molar-refractivity contribution < 1.29 is 17.9 Å². The van der Waals surface area contributed by atoms with Crippen LogP contribution >= 0.6 is 0 Å². The maximum absolute atomic E-state index is 12.8. The zero-order valence-corrected chi connectivity index (χ0v) is 15.1. The molecule has 1 heterocycles. The zero-order valence-electron chi connectivity index (χ0n) is 14.3. The number of carbonyl (C=O) groups excluding carboxylic acids is 1. The van der Waals surface area contributed by atoms with Crippen molar-refractivity contribution in [2.24, 2.45) is 0 Å². The largest absolute Gasteiger partial charge is 0.496 e. The molecule has 1 atom stereocenters. The van der Waals surface area contributed by atoms with Crippen molar-refractivity contribution in [1.82, 2.24) is 14.9 Å². The van der Waals surface area contributed by atoms with E-state index in [0.717, 1.165) is 13.0 Å². The number of hydrogen-bond donors (Lipinski definition) is 2. The molecular weight excluding hydrogens is 330 g/mol. The number of methoxy groups -OCH3 is 1. The van der Waals surface area contributed by atoms with Gasteiger partial charge in [0.25, 0.3) is 0 Å². The molecule has 1 aromatic carbocycles. The molecule has 1 fully saturated rings. The second-order valence-electron chi connectivity index (χ2n) is 5.77. The number of likely N-dealkylation sites (N-methyl/N-ethyl adjacent to an activating group) is 1. The van der Waals surface area contributed by atoms with E-state index < -0.39 is 10.0 Å². The summed E-state index contributed by atoms with van der Waals surface area (Å²) in [5.74, 6) is 0.454. The monoisotopic (exact) mass is 355 g/mol. The van der Waals surface area contributed by atoms with Crippen LogP contribution in [0.4, 0.5) is 0 Å². The van der Waals surface area contributed by atoms with Gasteiger partial charge in [0.05, 0.1) is 12.0 Å². The summed E-state index contributed by atoms with van der Waals surface area (Å²) in [6, 6.07) is 4.70. The molecule has 0 radical (unpaired) electrons. The minimum absolute atomic E-state index is 0.0413. The van der Waals surface area contributed by atoms with Gasteiger partial charge in [0.1, 0.15) is 5.75 Å². The highest BCUT2D eigenvalue weighted by Gasteiger charge is 2.30. The molecule has 1 saturated heterocycles. The van der Waals surface area contributed by atoms with E-state index in [9.17, 15) is 13.2 Å². The van der Waals surface area contributed by atoms with Crippen molar-refractivity contribution in [1.29, 1.82) is 0 Å². The number of nitrogens with one attached hydrogen (secondary N) is 2. The van der Waals surface area contributed by atoms with Gasteiger partial charge in [-0.15, -0.1) is 0 Å². The predicted octanol–water partition coefficient (Wildman–Crippen LogP) is 0.704. The average molecular weight is 355 g/mol. The molecule has 7 nitrogen and oxygen atoms in total. The number of rotatable bonds is 7. The molecule has 24 heavy (non-hydrogen) atoms. The number of benzene rings is 1. The van der Waals surface area contributed by atoms with Crippen molar-refractivity contribution in [3.8, 4) is 5.75 Å². The van der Waals surface area contributed by atoms with Crippen molar-refractivity contribution in [3.05, 3.63) is 23.8 Å². The van der Waals surface area contributed by atoms with Crippen LogP contribution in [0, 0.1) is 0 Å². The Bertz CT molecular complexity index is 685. The Labute approximate surface area is 143 Å². The second kappa shape index (κ2) is 7.96. The third-order valence-electron chi connectivity index (χ3n) is 4.27. The number of hydrogen-bond acceptors (Lipinski definition) is 5. The van der Waals surface area contributed by atoms with Gasteiger partial charge < -0.3 is 15.4 Å². The minimum Gasteiger partial charge on any atom is -0.496 e. The Morgan fingerprint density at radius 2 is 2.21 bits per heavy atom. The maximum atomic E-state index is 12.8. The van der Waals surface area contributed by atoms with Gasteiger partial charge in [-0.25, -0.2) is 8.42 Å². The molecule has 0 saturated carbocycles. The Morgan fingerprint density at radius 1 is 1.46 bits per heavy atom. The number of carbonyl (C=O) groups is 1. The van der Waals surface area contributed by atoms with Gasteiger partial charge in [0.2, 0.25) is 15.9 Å². The van der Waals surface area contributed by atoms with Gasteiger partial charge in [0, 0.05) is 38.2 Å².